The molecule has 0 bridgehead atoms. The fourth-order valence-electron chi connectivity index (χ4n) is 2.08. The molecule has 0 saturated carbocycles. The number of halogens is 3. The molecule has 1 aromatic heterocycles. The maximum atomic E-state index is 12.5. The van der Waals surface area contributed by atoms with E-state index >= 15 is 0 Å². The highest BCUT2D eigenvalue weighted by Gasteiger charge is 2.31. The largest absolute Gasteiger partial charge is 0.417 e. The third kappa shape index (κ3) is 3.17. The Hall–Kier alpha value is -1.88. The number of aromatic nitrogens is 1. The van der Waals surface area contributed by atoms with Gasteiger partial charge in [-0.1, -0.05) is 29.8 Å². The van der Waals surface area contributed by atoms with Crippen LogP contribution in [0.25, 0.3) is 0 Å². The Morgan fingerprint density at radius 1 is 1.15 bits per heavy atom. The standard InChI is InChI=1S/C15H15F3N2/c1-10-4-3-5-11(8-10)14(19-2)13-7-6-12(9-20-13)15(16,17)18/h3-9,14,19H,1-2H3. The molecule has 1 atom stereocenters. The Balaban J connectivity index is 2.33. The van der Waals surface area contributed by atoms with Gasteiger partial charge in [-0.05, 0) is 31.7 Å². The SMILES string of the molecule is CNC(c1cccc(C)c1)c1ccc(C(F)(F)F)cn1. The van der Waals surface area contributed by atoms with E-state index in [-0.39, 0.29) is 6.04 Å². The molecule has 1 N–H and O–H groups in total. The minimum Gasteiger partial charge on any atom is -0.308 e. The molecule has 0 amide bonds. The first-order valence-corrected chi connectivity index (χ1v) is 6.19. The van der Waals surface area contributed by atoms with Crippen molar-refractivity contribution in [3.8, 4) is 0 Å². The van der Waals surface area contributed by atoms with Crippen molar-refractivity contribution in [1.82, 2.24) is 10.3 Å². The highest BCUT2D eigenvalue weighted by Crippen LogP contribution is 2.29. The van der Waals surface area contributed by atoms with Crippen LogP contribution in [0.3, 0.4) is 0 Å². The summed E-state index contributed by atoms with van der Waals surface area (Å²) in [6, 6.07) is 10.0. The quantitative estimate of drug-likeness (QED) is 0.927. The molecule has 2 nitrogen and oxygen atoms in total. The van der Waals surface area contributed by atoms with E-state index in [1.54, 1.807) is 7.05 Å². The fraction of sp³-hybridized carbons (Fsp3) is 0.267. The van der Waals surface area contributed by atoms with E-state index < -0.39 is 11.7 Å². The first-order chi connectivity index (χ1) is 9.41. The van der Waals surface area contributed by atoms with Crippen molar-refractivity contribution in [3.63, 3.8) is 0 Å². The molecule has 5 heteroatoms. The van der Waals surface area contributed by atoms with Crippen molar-refractivity contribution in [2.75, 3.05) is 7.05 Å². The van der Waals surface area contributed by atoms with Crippen LogP contribution in [-0.4, -0.2) is 12.0 Å². The number of hydrogen-bond donors (Lipinski definition) is 1. The Labute approximate surface area is 115 Å². The van der Waals surface area contributed by atoms with Gasteiger partial charge in [0, 0.05) is 6.20 Å². The van der Waals surface area contributed by atoms with Gasteiger partial charge in [-0.25, -0.2) is 0 Å². The number of hydrogen-bond acceptors (Lipinski definition) is 2. The number of aryl methyl sites for hydroxylation is 1. The van der Waals surface area contributed by atoms with Gasteiger partial charge in [-0.15, -0.1) is 0 Å². The number of nitrogens with zero attached hydrogens (tertiary/aromatic N) is 1. The summed E-state index contributed by atoms with van der Waals surface area (Å²) in [6.07, 6.45) is -3.49. The average Bonchev–Trinajstić information content (AvgIpc) is 2.39. The summed E-state index contributed by atoms with van der Waals surface area (Å²) in [6.45, 7) is 1.97. The molecule has 20 heavy (non-hydrogen) atoms. The highest BCUT2D eigenvalue weighted by molar-refractivity contribution is 5.32. The summed E-state index contributed by atoms with van der Waals surface area (Å²) in [7, 11) is 1.76. The topological polar surface area (TPSA) is 24.9 Å². The van der Waals surface area contributed by atoms with E-state index in [0.717, 1.165) is 23.4 Å². The summed E-state index contributed by atoms with van der Waals surface area (Å²) in [5.41, 5.74) is 1.89. The molecule has 1 unspecified atom stereocenters. The second kappa shape index (κ2) is 5.63. The number of rotatable bonds is 3. The summed E-state index contributed by atoms with van der Waals surface area (Å²) in [4.78, 5) is 3.94. The van der Waals surface area contributed by atoms with Crippen LogP contribution in [0.5, 0.6) is 0 Å². The van der Waals surface area contributed by atoms with Gasteiger partial charge in [0.05, 0.1) is 17.3 Å². The molecular weight excluding hydrogens is 265 g/mol. The van der Waals surface area contributed by atoms with E-state index in [0.29, 0.717) is 5.69 Å². The Bertz CT molecular complexity index is 576. The minimum absolute atomic E-state index is 0.225. The van der Waals surface area contributed by atoms with Crippen molar-refractivity contribution in [2.24, 2.45) is 0 Å². The predicted octanol–water partition coefficient (Wildman–Crippen LogP) is 3.72. The zero-order valence-electron chi connectivity index (χ0n) is 11.2. The Morgan fingerprint density at radius 2 is 1.90 bits per heavy atom. The van der Waals surface area contributed by atoms with E-state index in [1.165, 1.54) is 6.07 Å². The third-order valence-corrected chi connectivity index (χ3v) is 3.07. The molecule has 0 aliphatic heterocycles. The number of benzene rings is 1. The van der Waals surface area contributed by atoms with Crippen LogP contribution >= 0.6 is 0 Å². The third-order valence-electron chi connectivity index (χ3n) is 3.07. The number of nitrogens with one attached hydrogen (secondary N) is 1. The van der Waals surface area contributed by atoms with E-state index in [2.05, 4.69) is 10.3 Å². The molecule has 2 rings (SSSR count). The molecule has 0 radical (unpaired) electrons. The first kappa shape index (κ1) is 14.5. The maximum absolute atomic E-state index is 12.5. The molecule has 1 aromatic carbocycles. The zero-order chi connectivity index (χ0) is 14.8. The van der Waals surface area contributed by atoms with Crippen LogP contribution in [0.15, 0.2) is 42.6 Å². The second-order valence-electron chi connectivity index (χ2n) is 4.61. The van der Waals surface area contributed by atoms with Crippen LogP contribution in [-0.2, 0) is 6.18 Å². The average molecular weight is 280 g/mol. The van der Waals surface area contributed by atoms with Crippen LogP contribution in [0.1, 0.15) is 28.4 Å². The molecule has 106 valence electrons. The van der Waals surface area contributed by atoms with Crippen molar-refractivity contribution in [3.05, 3.63) is 65.0 Å². The predicted molar refractivity (Wildman–Crippen MR) is 71.3 cm³/mol. The lowest BCUT2D eigenvalue weighted by atomic mass is 10.0. The van der Waals surface area contributed by atoms with Gasteiger partial charge in [-0.3, -0.25) is 4.98 Å². The number of alkyl halides is 3. The Morgan fingerprint density at radius 3 is 2.40 bits per heavy atom. The van der Waals surface area contributed by atoms with Crippen molar-refractivity contribution < 1.29 is 13.2 Å². The maximum Gasteiger partial charge on any atom is 0.417 e. The molecule has 0 fully saturated rings. The van der Waals surface area contributed by atoms with Gasteiger partial charge in [0.2, 0.25) is 0 Å². The van der Waals surface area contributed by atoms with Crippen molar-refractivity contribution in [2.45, 2.75) is 19.1 Å². The van der Waals surface area contributed by atoms with Gasteiger partial charge < -0.3 is 5.32 Å². The highest BCUT2D eigenvalue weighted by atomic mass is 19.4. The second-order valence-corrected chi connectivity index (χ2v) is 4.61. The van der Waals surface area contributed by atoms with Crippen LogP contribution in [0.4, 0.5) is 13.2 Å². The Kier molecular flexibility index (Phi) is 4.09. The zero-order valence-corrected chi connectivity index (χ0v) is 11.2. The van der Waals surface area contributed by atoms with Gasteiger partial charge in [-0.2, -0.15) is 13.2 Å². The summed E-state index contributed by atoms with van der Waals surface area (Å²) < 4.78 is 37.6. The molecule has 0 spiro atoms. The fourth-order valence-corrected chi connectivity index (χ4v) is 2.08. The monoisotopic (exact) mass is 280 g/mol. The van der Waals surface area contributed by atoms with Crippen molar-refractivity contribution >= 4 is 0 Å². The van der Waals surface area contributed by atoms with E-state index in [1.807, 2.05) is 31.2 Å². The molecular formula is C15H15F3N2. The normalized spacial score (nSPS) is 13.2. The smallest absolute Gasteiger partial charge is 0.308 e. The minimum atomic E-state index is -4.36. The van der Waals surface area contributed by atoms with Crippen LogP contribution in [0.2, 0.25) is 0 Å². The lowest BCUT2D eigenvalue weighted by molar-refractivity contribution is -0.137. The van der Waals surface area contributed by atoms with E-state index in [9.17, 15) is 13.2 Å². The first-order valence-electron chi connectivity index (χ1n) is 6.19. The van der Waals surface area contributed by atoms with Crippen LogP contribution < -0.4 is 5.32 Å². The lowest BCUT2D eigenvalue weighted by Crippen LogP contribution is -2.19. The molecule has 0 aliphatic rings. The summed E-state index contributed by atoms with van der Waals surface area (Å²) in [5, 5.41) is 3.08. The number of pyridine rings is 1. The molecule has 1 heterocycles. The van der Waals surface area contributed by atoms with E-state index in [4.69, 9.17) is 0 Å². The summed E-state index contributed by atoms with van der Waals surface area (Å²) in [5.74, 6) is 0. The molecule has 2 aromatic rings. The van der Waals surface area contributed by atoms with Crippen molar-refractivity contribution in [1.29, 1.82) is 0 Å². The van der Waals surface area contributed by atoms with Crippen LogP contribution in [0, 0.1) is 6.92 Å². The van der Waals surface area contributed by atoms with Gasteiger partial charge >= 0.3 is 6.18 Å². The van der Waals surface area contributed by atoms with Gasteiger partial charge in [0.25, 0.3) is 0 Å². The molecule has 0 aliphatic carbocycles. The lowest BCUT2D eigenvalue weighted by Gasteiger charge is -2.17. The van der Waals surface area contributed by atoms with Gasteiger partial charge in [0.1, 0.15) is 0 Å². The van der Waals surface area contributed by atoms with Gasteiger partial charge in [0.15, 0.2) is 0 Å². The summed E-state index contributed by atoms with van der Waals surface area (Å²) >= 11 is 0. The molecule has 0 saturated heterocycles.